The summed E-state index contributed by atoms with van der Waals surface area (Å²) in [6.45, 7) is 3.32. The van der Waals surface area contributed by atoms with Gasteiger partial charge in [0.1, 0.15) is 22.6 Å². The van der Waals surface area contributed by atoms with Gasteiger partial charge in [-0.05, 0) is 30.3 Å². The monoisotopic (exact) mass is 448 g/mol. The summed E-state index contributed by atoms with van der Waals surface area (Å²) in [4.78, 5) is 13.0. The lowest BCUT2D eigenvalue weighted by Crippen LogP contribution is -2.12. The van der Waals surface area contributed by atoms with Crippen molar-refractivity contribution in [3.63, 3.8) is 0 Å². The molecule has 0 aliphatic rings. The zero-order valence-corrected chi connectivity index (χ0v) is 17.4. The van der Waals surface area contributed by atoms with E-state index in [1.165, 1.54) is 16.8 Å². The summed E-state index contributed by atoms with van der Waals surface area (Å²) < 4.78 is 42.2. The SMILES string of the molecule is Cc1nc(N[C@H](C)c2cccc(C(F)F)c2F)c2cc(-c3nnnn3C)c(Cl)nc2n1. The molecule has 31 heavy (non-hydrogen) atoms. The largest absolute Gasteiger partial charge is 0.363 e. The molecule has 0 bridgehead atoms. The highest BCUT2D eigenvalue weighted by Gasteiger charge is 2.21. The molecule has 3 aromatic heterocycles. The third-order valence-corrected chi connectivity index (χ3v) is 5.01. The molecule has 0 amide bonds. The molecule has 1 atom stereocenters. The van der Waals surface area contributed by atoms with E-state index in [0.29, 0.717) is 34.1 Å². The first-order chi connectivity index (χ1) is 14.8. The average molecular weight is 449 g/mol. The first-order valence-corrected chi connectivity index (χ1v) is 9.54. The Morgan fingerprint density at radius 2 is 1.87 bits per heavy atom. The topological polar surface area (TPSA) is 94.3 Å². The Balaban J connectivity index is 1.81. The number of tetrazole rings is 1. The average Bonchev–Trinajstić information content (AvgIpc) is 3.12. The van der Waals surface area contributed by atoms with E-state index in [2.05, 4.69) is 35.8 Å². The van der Waals surface area contributed by atoms with Crippen LogP contribution in [0.1, 0.15) is 36.3 Å². The molecule has 1 aromatic carbocycles. The summed E-state index contributed by atoms with van der Waals surface area (Å²) in [5, 5.41) is 15.1. The maximum absolute atomic E-state index is 14.6. The fourth-order valence-electron chi connectivity index (χ4n) is 3.22. The maximum Gasteiger partial charge on any atom is 0.266 e. The lowest BCUT2D eigenvalue weighted by molar-refractivity contribution is 0.146. The highest BCUT2D eigenvalue weighted by Crippen LogP contribution is 2.33. The molecule has 0 fully saturated rings. The van der Waals surface area contributed by atoms with Crippen molar-refractivity contribution in [2.24, 2.45) is 7.05 Å². The summed E-state index contributed by atoms with van der Waals surface area (Å²) >= 11 is 6.32. The second-order valence-electron chi connectivity index (χ2n) is 6.86. The number of alkyl halides is 2. The van der Waals surface area contributed by atoms with Crippen LogP contribution in [-0.4, -0.2) is 35.2 Å². The van der Waals surface area contributed by atoms with Gasteiger partial charge in [-0.1, -0.05) is 29.8 Å². The first kappa shape index (κ1) is 20.9. The van der Waals surface area contributed by atoms with Gasteiger partial charge in [0.25, 0.3) is 6.43 Å². The van der Waals surface area contributed by atoms with Crippen LogP contribution in [0.5, 0.6) is 0 Å². The van der Waals surface area contributed by atoms with Crippen molar-refractivity contribution in [1.29, 1.82) is 0 Å². The Morgan fingerprint density at radius 3 is 2.55 bits per heavy atom. The zero-order chi connectivity index (χ0) is 22.3. The van der Waals surface area contributed by atoms with Gasteiger partial charge in [-0.3, -0.25) is 0 Å². The van der Waals surface area contributed by atoms with Crippen LogP contribution in [-0.2, 0) is 7.05 Å². The Labute approximate surface area is 179 Å². The molecule has 0 spiro atoms. The Bertz CT molecular complexity index is 1280. The molecule has 12 heteroatoms. The summed E-state index contributed by atoms with van der Waals surface area (Å²) in [6.07, 6.45) is -2.91. The van der Waals surface area contributed by atoms with E-state index >= 15 is 0 Å². The van der Waals surface area contributed by atoms with Crippen LogP contribution in [0.3, 0.4) is 0 Å². The van der Waals surface area contributed by atoms with Crippen LogP contribution < -0.4 is 5.32 Å². The number of halogens is 4. The number of benzene rings is 1. The number of nitrogens with one attached hydrogen (secondary N) is 1. The minimum atomic E-state index is -2.91. The van der Waals surface area contributed by atoms with Gasteiger partial charge in [0.05, 0.1) is 22.6 Å². The number of rotatable bonds is 5. The summed E-state index contributed by atoms with van der Waals surface area (Å²) in [5.74, 6) is 0.173. The smallest absolute Gasteiger partial charge is 0.266 e. The number of aryl methyl sites for hydroxylation is 2. The fourth-order valence-corrected chi connectivity index (χ4v) is 3.44. The predicted molar refractivity (Wildman–Crippen MR) is 108 cm³/mol. The summed E-state index contributed by atoms with van der Waals surface area (Å²) in [5.41, 5.74) is 0.200. The molecule has 0 unspecified atom stereocenters. The number of hydrogen-bond acceptors (Lipinski definition) is 7. The van der Waals surface area contributed by atoms with E-state index in [9.17, 15) is 13.2 Å². The Morgan fingerprint density at radius 1 is 1.13 bits per heavy atom. The van der Waals surface area contributed by atoms with E-state index in [-0.39, 0.29) is 10.7 Å². The van der Waals surface area contributed by atoms with Crippen LogP contribution in [0, 0.1) is 12.7 Å². The molecule has 4 aromatic rings. The first-order valence-electron chi connectivity index (χ1n) is 9.17. The van der Waals surface area contributed by atoms with Crippen LogP contribution in [0.15, 0.2) is 24.3 Å². The molecular weight excluding hydrogens is 433 g/mol. The highest BCUT2D eigenvalue weighted by atomic mass is 35.5. The Kier molecular flexibility index (Phi) is 5.44. The lowest BCUT2D eigenvalue weighted by Gasteiger charge is -2.18. The third-order valence-electron chi connectivity index (χ3n) is 4.73. The van der Waals surface area contributed by atoms with Crippen molar-refractivity contribution < 1.29 is 13.2 Å². The van der Waals surface area contributed by atoms with Crippen molar-refractivity contribution in [3.05, 3.63) is 52.2 Å². The summed E-state index contributed by atoms with van der Waals surface area (Å²) in [6, 6.07) is 4.90. The van der Waals surface area contributed by atoms with Gasteiger partial charge in [0.2, 0.25) is 0 Å². The van der Waals surface area contributed by atoms with Crippen LogP contribution in [0.25, 0.3) is 22.4 Å². The molecule has 0 aliphatic heterocycles. The van der Waals surface area contributed by atoms with Crippen molar-refractivity contribution in [2.45, 2.75) is 26.3 Å². The standard InChI is InChI=1S/C19H16ClF3N8/c1-8(10-5-4-6-11(14(10)21)16(22)23)24-17-13-7-12(19-28-29-30-31(19)3)15(20)27-18(13)26-9(2)25-17/h4-8,16H,1-3H3,(H,24,25,26,27)/t8-/m1/s1. The van der Waals surface area contributed by atoms with Crippen LogP contribution in [0.4, 0.5) is 19.0 Å². The molecule has 0 saturated heterocycles. The second-order valence-corrected chi connectivity index (χ2v) is 7.22. The maximum atomic E-state index is 14.6. The normalized spacial score (nSPS) is 12.5. The minimum absolute atomic E-state index is 0.0851. The van der Waals surface area contributed by atoms with E-state index in [1.54, 1.807) is 27.0 Å². The van der Waals surface area contributed by atoms with E-state index in [4.69, 9.17) is 11.6 Å². The lowest BCUT2D eigenvalue weighted by atomic mass is 10.0. The van der Waals surface area contributed by atoms with Crippen LogP contribution in [0.2, 0.25) is 5.15 Å². The van der Waals surface area contributed by atoms with Gasteiger partial charge in [0, 0.05) is 12.6 Å². The van der Waals surface area contributed by atoms with E-state index in [1.807, 2.05) is 0 Å². The number of aromatic nitrogens is 7. The molecule has 160 valence electrons. The zero-order valence-electron chi connectivity index (χ0n) is 16.6. The molecule has 4 rings (SSSR count). The van der Waals surface area contributed by atoms with Gasteiger partial charge in [0.15, 0.2) is 11.5 Å². The minimum Gasteiger partial charge on any atom is -0.363 e. The van der Waals surface area contributed by atoms with Gasteiger partial charge >= 0.3 is 0 Å². The number of hydrogen-bond donors (Lipinski definition) is 1. The molecule has 0 aliphatic carbocycles. The van der Waals surface area contributed by atoms with Gasteiger partial charge < -0.3 is 5.32 Å². The molecule has 0 radical (unpaired) electrons. The van der Waals surface area contributed by atoms with Crippen molar-refractivity contribution in [1.82, 2.24) is 35.2 Å². The quantitative estimate of drug-likeness (QED) is 0.451. The number of fused-ring (bicyclic) bond motifs is 1. The van der Waals surface area contributed by atoms with Gasteiger partial charge in [-0.15, -0.1) is 5.10 Å². The van der Waals surface area contributed by atoms with Crippen molar-refractivity contribution >= 4 is 28.5 Å². The number of pyridine rings is 1. The molecule has 0 saturated carbocycles. The molecule has 8 nitrogen and oxygen atoms in total. The van der Waals surface area contributed by atoms with Crippen LogP contribution >= 0.6 is 11.6 Å². The van der Waals surface area contributed by atoms with Gasteiger partial charge in [-0.2, -0.15) is 0 Å². The number of nitrogens with zero attached hydrogens (tertiary/aromatic N) is 7. The number of anilines is 1. The second kappa shape index (κ2) is 8.06. The summed E-state index contributed by atoms with van der Waals surface area (Å²) in [7, 11) is 1.65. The highest BCUT2D eigenvalue weighted by molar-refractivity contribution is 6.32. The van der Waals surface area contributed by atoms with Crippen molar-refractivity contribution in [3.8, 4) is 11.4 Å². The van der Waals surface area contributed by atoms with E-state index in [0.717, 1.165) is 6.07 Å². The molecule has 3 heterocycles. The Hall–Kier alpha value is -3.34. The fraction of sp³-hybridized carbons (Fsp3) is 0.263. The van der Waals surface area contributed by atoms with E-state index < -0.39 is 23.8 Å². The van der Waals surface area contributed by atoms with Crippen molar-refractivity contribution in [2.75, 3.05) is 5.32 Å². The predicted octanol–water partition coefficient (Wildman–Crippen LogP) is 4.43. The van der Waals surface area contributed by atoms with Gasteiger partial charge in [-0.25, -0.2) is 32.8 Å². The molecular formula is C19H16ClF3N8. The third kappa shape index (κ3) is 3.88. The molecule has 1 N–H and O–H groups in total.